The van der Waals surface area contributed by atoms with Gasteiger partial charge in [-0.2, -0.15) is 0 Å². The fourth-order valence-electron chi connectivity index (χ4n) is 1.22. The molecule has 0 saturated heterocycles. The van der Waals surface area contributed by atoms with E-state index < -0.39 is 15.0 Å². The van der Waals surface area contributed by atoms with Crippen LogP contribution in [0.3, 0.4) is 0 Å². The van der Waals surface area contributed by atoms with Crippen molar-refractivity contribution in [2.45, 2.75) is 31.8 Å². The molecule has 0 bridgehead atoms. The van der Waals surface area contributed by atoms with Gasteiger partial charge in [0.05, 0.1) is 15.5 Å². The largest absolute Gasteiger partial charge is 0.459 e. The first kappa shape index (κ1) is 17.8. The van der Waals surface area contributed by atoms with Gasteiger partial charge in [0.2, 0.25) is 0 Å². The molecule has 112 valence electrons. The molecule has 20 heavy (non-hydrogen) atoms. The summed E-state index contributed by atoms with van der Waals surface area (Å²) in [6, 6.07) is 2.33. The van der Waals surface area contributed by atoms with Crippen molar-refractivity contribution >= 4 is 53.2 Å². The van der Waals surface area contributed by atoms with E-state index in [1.54, 1.807) is 6.92 Å². The molecule has 1 aromatic carbocycles. The van der Waals surface area contributed by atoms with Crippen LogP contribution in [0.1, 0.15) is 31.1 Å². The summed E-state index contributed by atoms with van der Waals surface area (Å²) in [4.78, 5) is 11.8. The van der Waals surface area contributed by atoms with Crippen molar-refractivity contribution in [3.8, 4) is 0 Å². The number of hydrogen-bond donors (Lipinski definition) is 0. The summed E-state index contributed by atoms with van der Waals surface area (Å²) in [5.41, 5.74) is -0.0484. The molecule has 0 spiro atoms. The molecule has 4 nitrogen and oxygen atoms in total. The molecule has 0 fully saturated rings. The Balaban J connectivity index is 3.24. The zero-order valence-electron chi connectivity index (χ0n) is 11.0. The molecule has 0 radical (unpaired) electrons. The molecule has 8 heteroatoms. The zero-order chi connectivity index (χ0) is 15.7. The number of hydrogen-bond acceptors (Lipinski definition) is 4. The Bertz CT molecular complexity index is 629. The number of benzene rings is 1. The normalized spacial score (nSPS) is 13.3. The fourth-order valence-corrected chi connectivity index (χ4v) is 2.80. The van der Waals surface area contributed by atoms with Gasteiger partial charge < -0.3 is 4.74 Å². The lowest BCUT2D eigenvalue weighted by atomic mass is 10.1. The fraction of sp³-hybridized carbons (Fsp3) is 0.417. The van der Waals surface area contributed by atoms with Gasteiger partial charge in [0.1, 0.15) is 6.10 Å². The predicted molar refractivity (Wildman–Crippen MR) is 81.9 cm³/mol. The number of carbonyl (C=O) groups is 1. The highest BCUT2D eigenvalue weighted by Gasteiger charge is 2.22. The van der Waals surface area contributed by atoms with E-state index in [1.807, 2.05) is 13.8 Å². The van der Waals surface area contributed by atoms with Crippen LogP contribution in [0.15, 0.2) is 21.5 Å². The van der Waals surface area contributed by atoms with Crippen molar-refractivity contribution in [1.29, 1.82) is 0 Å². The topological polar surface area (TPSA) is 60.4 Å². The first-order valence-corrected chi connectivity index (χ1v) is 9.16. The van der Waals surface area contributed by atoms with Crippen LogP contribution in [0, 0.1) is 5.92 Å². The molecule has 0 saturated carbocycles. The Morgan fingerprint density at radius 2 is 1.85 bits per heavy atom. The maximum atomic E-state index is 12.0. The zero-order valence-corrected chi connectivity index (χ0v) is 14.9. The van der Waals surface area contributed by atoms with E-state index in [2.05, 4.69) is 15.9 Å². The summed E-state index contributed by atoms with van der Waals surface area (Å²) in [7, 11) is 1.30. The lowest BCUT2D eigenvalue weighted by Crippen LogP contribution is -2.20. The molecule has 1 aromatic rings. The molecular formula is C12H13BrCl2O4S. The van der Waals surface area contributed by atoms with Gasteiger partial charge in [-0.05, 0) is 40.9 Å². The first-order chi connectivity index (χ1) is 9.04. The minimum absolute atomic E-state index is 0.0484. The summed E-state index contributed by atoms with van der Waals surface area (Å²) in [5.74, 6) is -0.569. The van der Waals surface area contributed by atoms with Crippen molar-refractivity contribution < 1.29 is 17.9 Å². The maximum Gasteiger partial charge on any atom is 0.340 e. The van der Waals surface area contributed by atoms with E-state index in [-0.39, 0.29) is 32.0 Å². The van der Waals surface area contributed by atoms with Crippen LogP contribution in [0.5, 0.6) is 0 Å². The Morgan fingerprint density at radius 3 is 2.30 bits per heavy atom. The molecule has 0 N–H and O–H groups in total. The van der Waals surface area contributed by atoms with Crippen molar-refractivity contribution in [1.82, 2.24) is 0 Å². The standard InChI is InChI=1S/C12H13BrCl2O4S/c1-6(2)7(3)19-12(16)9-4-8(20(15,17)18)5-10(13)11(9)14/h4-7H,1-3H3. The van der Waals surface area contributed by atoms with E-state index in [9.17, 15) is 13.2 Å². The third kappa shape index (κ3) is 4.35. The van der Waals surface area contributed by atoms with E-state index >= 15 is 0 Å². The Morgan fingerprint density at radius 1 is 1.30 bits per heavy atom. The second-order valence-corrected chi connectivity index (χ2v) is 8.36. The van der Waals surface area contributed by atoms with Crippen molar-refractivity contribution in [3.63, 3.8) is 0 Å². The van der Waals surface area contributed by atoms with Gasteiger partial charge in [-0.25, -0.2) is 13.2 Å². The molecule has 0 aliphatic rings. The van der Waals surface area contributed by atoms with Crippen LogP contribution in [-0.4, -0.2) is 20.5 Å². The Labute approximate surface area is 135 Å². The first-order valence-electron chi connectivity index (χ1n) is 5.68. The molecule has 0 aliphatic carbocycles. The van der Waals surface area contributed by atoms with Crippen molar-refractivity contribution in [2.75, 3.05) is 0 Å². The van der Waals surface area contributed by atoms with E-state index in [4.69, 9.17) is 27.0 Å². The van der Waals surface area contributed by atoms with Crippen LogP contribution < -0.4 is 0 Å². The van der Waals surface area contributed by atoms with Crippen LogP contribution in [-0.2, 0) is 13.8 Å². The third-order valence-electron chi connectivity index (χ3n) is 2.73. The predicted octanol–water partition coefficient (Wildman–Crippen LogP) is 4.23. The molecule has 0 aromatic heterocycles. The monoisotopic (exact) mass is 402 g/mol. The average Bonchev–Trinajstić information content (AvgIpc) is 2.30. The lowest BCUT2D eigenvalue weighted by Gasteiger charge is -2.17. The van der Waals surface area contributed by atoms with Crippen LogP contribution in [0.2, 0.25) is 5.02 Å². The minimum Gasteiger partial charge on any atom is -0.459 e. The van der Waals surface area contributed by atoms with E-state index in [0.717, 1.165) is 6.07 Å². The average molecular weight is 404 g/mol. The quantitative estimate of drug-likeness (QED) is 0.557. The van der Waals surface area contributed by atoms with Gasteiger partial charge in [0.15, 0.2) is 0 Å². The smallest absolute Gasteiger partial charge is 0.340 e. The molecule has 1 atom stereocenters. The van der Waals surface area contributed by atoms with Crippen molar-refractivity contribution in [3.05, 3.63) is 27.2 Å². The summed E-state index contributed by atoms with van der Waals surface area (Å²) in [5, 5.41) is 0.0787. The highest BCUT2D eigenvalue weighted by atomic mass is 79.9. The molecule has 1 rings (SSSR count). The van der Waals surface area contributed by atoms with Gasteiger partial charge in [-0.1, -0.05) is 25.4 Å². The van der Waals surface area contributed by atoms with E-state index in [0.29, 0.717) is 0 Å². The number of halogens is 3. The van der Waals surface area contributed by atoms with Crippen LogP contribution in [0.4, 0.5) is 0 Å². The highest BCUT2D eigenvalue weighted by Crippen LogP contribution is 2.32. The summed E-state index contributed by atoms with van der Waals surface area (Å²) >= 11 is 9.08. The van der Waals surface area contributed by atoms with Crippen LogP contribution in [0.25, 0.3) is 0 Å². The molecule has 1 unspecified atom stereocenters. The van der Waals surface area contributed by atoms with Crippen molar-refractivity contribution in [2.24, 2.45) is 5.92 Å². The second kappa shape index (κ2) is 6.64. The number of rotatable bonds is 4. The minimum atomic E-state index is -3.97. The van der Waals surface area contributed by atoms with Gasteiger partial charge >= 0.3 is 5.97 Å². The van der Waals surface area contributed by atoms with Gasteiger partial charge in [-0.15, -0.1) is 0 Å². The summed E-state index contributed by atoms with van der Waals surface area (Å²) < 4.78 is 28.2. The Kier molecular flexibility index (Phi) is 5.89. The number of ether oxygens (including phenoxy) is 1. The summed E-state index contributed by atoms with van der Waals surface area (Å²) in [6.07, 6.45) is -0.325. The molecule has 0 heterocycles. The van der Waals surface area contributed by atoms with Gasteiger partial charge in [0, 0.05) is 15.2 Å². The number of carbonyl (C=O) groups excluding carboxylic acids is 1. The number of esters is 1. The van der Waals surface area contributed by atoms with Crippen LogP contribution >= 0.6 is 38.2 Å². The molecule has 0 amide bonds. The highest BCUT2D eigenvalue weighted by molar-refractivity contribution is 9.10. The molecular weight excluding hydrogens is 391 g/mol. The second-order valence-electron chi connectivity index (χ2n) is 4.56. The third-order valence-corrected chi connectivity index (χ3v) is 5.33. The maximum absolute atomic E-state index is 12.0. The van der Waals surface area contributed by atoms with Gasteiger partial charge in [-0.3, -0.25) is 0 Å². The van der Waals surface area contributed by atoms with E-state index in [1.165, 1.54) is 6.07 Å². The van der Waals surface area contributed by atoms with Gasteiger partial charge in [0.25, 0.3) is 9.05 Å². The Hall–Kier alpha value is -0.300. The summed E-state index contributed by atoms with van der Waals surface area (Å²) in [6.45, 7) is 5.54. The SMILES string of the molecule is CC(C)C(C)OC(=O)c1cc(S(=O)(=O)Cl)cc(Br)c1Cl. The lowest BCUT2D eigenvalue weighted by molar-refractivity contribution is 0.0238. The molecule has 0 aliphatic heterocycles.